The van der Waals surface area contributed by atoms with Gasteiger partial charge in [-0.25, -0.2) is 23.2 Å². The minimum atomic E-state index is -0.765. The molecule has 33 heavy (non-hydrogen) atoms. The summed E-state index contributed by atoms with van der Waals surface area (Å²) < 4.78 is 42.0. The van der Waals surface area contributed by atoms with Gasteiger partial charge in [-0.1, -0.05) is 6.58 Å². The summed E-state index contributed by atoms with van der Waals surface area (Å²) in [6.07, 6.45) is 0. The van der Waals surface area contributed by atoms with E-state index in [2.05, 4.69) is 6.58 Å². The number of halogens is 2. The number of carbonyl (C=O) groups excluding carboxylic acids is 3. The number of benzene rings is 3. The van der Waals surface area contributed by atoms with Gasteiger partial charge in [-0.05, 0) is 73.7 Å². The highest BCUT2D eigenvalue weighted by atomic mass is 19.1. The van der Waals surface area contributed by atoms with Gasteiger partial charge in [-0.15, -0.1) is 0 Å². The molecule has 0 unspecified atom stereocenters. The lowest BCUT2D eigenvalue weighted by molar-refractivity contribution is -0.140. The Morgan fingerprint density at radius 2 is 1.30 bits per heavy atom. The van der Waals surface area contributed by atoms with Gasteiger partial charge in [0.05, 0.1) is 11.1 Å². The second-order valence-electron chi connectivity index (χ2n) is 6.92. The lowest BCUT2D eigenvalue weighted by atomic mass is 10.2. The molecule has 0 heterocycles. The summed E-state index contributed by atoms with van der Waals surface area (Å²) in [6, 6.07) is 13.6. The number of rotatable bonds is 7. The molecule has 6 nitrogen and oxygen atoms in total. The number of hydrogen-bond donors (Lipinski definition) is 0. The van der Waals surface area contributed by atoms with E-state index in [1.54, 1.807) is 0 Å². The molecular weight excluding hydrogens is 434 g/mol. The molecule has 0 N–H and O–H groups in total. The van der Waals surface area contributed by atoms with Gasteiger partial charge in [0, 0.05) is 11.1 Å². The highest BCUT2D eigenvalue weighted by Gasteiger charge is 2.16. The van der Waals surface area contributed by atoms with E-state index in [4.69, 9.17) is 14.2 Å². The average molecular weight is 452 g/mol. The van der Waals surface area contributed by atoms with Crippen molar-refractivity contribution in [1.82, 2.24) is 0 Å². The van der Waals surface area contributed by atoms with Crippen LogP contribution < -0.4 is 9.47 Å². The van der Waals surface area contributed by atoms with Gasteiger partial charge in [0.15, 0.2) is 0 Å². The van der Waals surface area contributed by atoms with E-state index in [9.17, 15) is 23.2 Å². The van der Waals surface area contributed by atoms with Crippen LogP contribution in [0.25, 0.3) is 0 Å². The van der Waals surface area contributed by atoms with Crippen molar-refractivity contribution < 1.29 is 37.4 Å². The molecule has 0 saturated heterocycles. The van der Waals surface area contributed by atoms with Crippen LogP contribution in [0.15, 0.2) is 78.9 Å². The summed E-state index contributed by atoms with van der Waals surface area (Å²) in [5, 5.41) is 0. The molecular formula is C25H18F2O6. The Morgan fingerprint density at radius 3 is 1.82 bits per heavy atom. The Bertz CT molecular complexity index is 1200. The number of esters is 3. The minimum absolute atomic E-state index is 0.0421. The van der Waals surface area contributed by atoms with Gasteiger partial charge < -0.3 is 14.2 Å². The van der Waals surface area contributed by atoms with Crippen molar-refractivity contribution in [3.05, 3.63) is 107 Å². The number of carbonyl (C=O) groups is 3. The fourth-order valence-corrected chi connectivity index (χ4v) is 2.59. The Hall–Kier alpha value is -4.33. The quantitative estimate of drug-likeness (QED) is 0.285. The average Bonchev–Trinajstić information content (AvgIpc) is 2.79. The standard InChI is InChI=1S/C25H18F2O6/c1-15(2)23(28)31-14-18-13-21(32-24(29)16-3-7-19(26)8-4-16)11-12-22(18)33-25(30)17-5-9-20(27)10-6-17/h3-13H,1,14H2,2H3. The Morgan fingerprint density at radius 1 is 0.788 bits per heavy atom. The molecule has 0 fully saturated rings. The zero-order valence-electron chi connectivity index (χ0n) is 17.5. The van der Waals surface area contributed by atoms with Crippen LogP contribution in [0.2, 0.25) is 0 Å². The Labute approximate surface area is 188 Å². The molecule has 0 amide bonds. The van der Waals surface area contributed by atoms with Gasteiger partial charge in [0.2, 0.25) is 0 Å². The molecule has 3 aromatic carbocycles. The maximum atomic E-state index is 13.1. The molecule has 0 aliphatic heterocycles. The SMILES string of the molecule is C=C(C)C(=O)OCc1cc(OC(=O)c2ccc(F)cc2)ccc1OC(=O)c1ccc(F)cc1. The highest BCUT2D eigenvalue weighted by Crippen LogP contribution is 2.27. The van der Waals surface area contributed by atoms with Crippen molar-refractivity contribution in [2.45, 2.75) is 13.5 Å². The lowest BCUT2D eigenvalue weighted by Crippen LogP contribution is -2.12. The monoisotopic (exact) mass is 452 g/mol. The van der Waals surface area contributed by atoms with Crippen molar-refractivity contribution >= 4 is 17.9 Å². The molecule has 0 aliphatic rings. The maximum Gasteiger partial charge on any atom is 0.343 e. The first-order chi connectivity index (χ1) is 15.7. The second kappa shape index (κ2) is 10.3. The molecule has 8 heteroatoms. The van der Waals surface area contributed by atoms with Crippen LogP contribution >= 0.6 is 0 Å². The van der Waals surface area contributed by atoms with Crippen molar-refractivity contribution in [3.8, 4) is 11.5 Å². The van der Waals surface area contributed by atoms with Gasteiger partial charge in [0.1, 0.15) is 29.7 Å². The molecule has 0 aromatic heterocycles. The van der Waals surface area contributed by atoms with Crippen molar-refractivity contribution in [2.24, 2.45) is 0 Å². The van der Waals surface area contributed by atoms with E-state index in [-0.39, 0.29) is 40.4 Å². The van der Waals surface area contributed by atoms with Gasteiger partial charge >= 0.3 is 17.9 Å². The summed E-state index contributed by atoms with van der Waals surface area (Å²) in [7, 11) is 0. The first kappa shape index (κ1) is 23.3. The van der Waals surface area contributed by atoms with Crippen molar-refractivity contribution in [1.29, 1.82) is 0 Å². The van der Waals surface area contributed by atoms with E-state index >= 15 is 0 Å². The van der Waals surface area contributed by atoms with Gasteiger partial charge in [-0.2, -0.15) is 0 Å². The summed E-state index contributed by atoms with van der Waals surface area (Å²) in [5.74, 6) is -3.06. The van der Waals surface area contributed by atoms with Crippen LogP contribution in [-0.2, 0) is 16.1 Å². The third kappa shape index (κ3) is 6.33. The molecule has 0 radical (unpaired) electrons. The lowest BCUT2D eigenvalue weighted by Gasteiger charge is -2.13. The topological polar surface area (TPSA) is 78.9 Å². The molecule has 0 atom stereocenters. The zero-order valence-corrected chi connectivity index (χ0v) is 17.5. The van der Waals surface area contributed by atoms with E-state index in [1.165, 1.54) is 49.4 Å². The summed E-state index contributed by atoms with van der Waals surface area (Å²) in [5.41, 5.74) is 0.620. The fraction of sp³-hybridized carbons (Fsp3) is 0.0800. The molecule has 3 rings (SSSR count). The molecule has 168 valence electrons. The largest absolute Gasteiger partial charge is 0.457 e. The van der Waals surface area contributed by atoms with E-state index < -0.39 is 29.5 Å². The predicted molar refractivity (Wildman–Crippen MR) is 114 cm³/mol. The highest BCUT2D eigenvalue weighted by molar-refractivity contribution is 5.92. The summed E-state index contributed by atoms with van der Waals surface area (Å²) in [6.45, 7) is 4.66. The molecule has 0 spiro atoms. The van der Waals surface area contributed by atoms with Gasteiger partial charge in [-0.3, -0.25) is 0 Å². The van der Waals surface area contributed by atoms with Crippen molar-refractivity contribution in [3.63, 3.8) is 0 Å². The molecule has 0 saturated carbocycles. The second-order valence-corrected chi connectivity index (χ2v) is 6.92. The first-order valence-corrected chi connectivity index (χ1v) is 9.64. The van der Waals surface area contributed by atoms with Crippen LogP contribution in [0.1, 0.15) is 33.2 Å². The van der Waals surface area contributed by atoms with E-state index in [0.717, 1.165) is 24.3 Å². The van der Waals surface area contributed by atoms with Crippen LogP contribution in [0.5, 0.6) is 11.5 Å². The van der Waals surface area contributed by atoms with Crippen molar-refractivity contribution in [2.75, 3.05) is 0 Å². The maximum absolute atomic E-state index is 13.1. The van der Waals surface area contributed by atoms with E-state index in [0.29, 0.717) is 0 Å². The van der Waals surface area contributed by atoms with Crippen LogP contribution in [0.3, 0.4) is 0 Å². The summed E-state index contributed by atoms with van der Waals surface area (Å²) in [4.78, 5) is 36.5. The number of hydrogen-bond acceptors (Lipinski definition) is 6. The molecule has 3 aromatic rings. The van der Waals surface area contributed by atoms with Crippen LogP contribution in [0, 0.1) is 11.6 Å². The summed E-state index contributed by atoms with van der Waals surface area (Å²) >= 11 is 0. The fourth-order valence-electron chi connectivity index (χ4n) is 2.59. The third-order valence-corrected chi connectivity index (χ3v) is 4.31. The smallest absolute Gasteiger partial charge is 0.343 e. The van der Waals surface area contributed by atoms with Crippen LogP contribution in [0.4, 0.5) is 8.78 Å². The Kier molecular flexibility index (Phi) is 7.30. The molecule has 0 bridgehead atoms. The minimum Gasteiger partial charge on any atom is -0.457 e. The van der Waals surface area contributed by atoms with Crippen LogP contribution in [-0.4, -0.2) is 17.9 Å². The predicted octanol–water partition coefficient (Wildman–Crippen LogP) is 5.02. The first-order valence-electron chi connectivity index (χ1n) is 9.64. The Balaban J connectivity index is 1.83. The normalized spacial score (nSPS) is 10.3. The third-order valence-electron chi connectivity index (χ3n) is 4.31. The number of ether oxygens (including phenoxy) is 3. The zero-order chi connectivity index (χ0) is 24.0. The van der Waals surface area contributed by atoms with Gasteiger partial charge in [0.25, 0.3) is 0 Å². The molecule has 0 aliphatic carbocycles. The van der Waals surface area contributed by atoms with E-state index in [1.807, 2.05) is 0 Å².